The average Bonchev–Trinajstić information content (AvgIpc) is 2.70. The standard InChI is InChI=1S/C15H15F3O/c1-10-12(5-8-14(10)19-2)9-11-3-6-13(7-4-11)15(16,17)18/h3-8,10H,9H2,1-2H3/t10-/m0/s1. The van der Waals surface area contributed by atoms with Gasteiger partial charge < -0.3 is 4.74 Å². The molecule has 0 unspecified atom stereocenters. The van der Waals surface area contributed by atoms with Crippen LogP contribution in [0.25, 0.3) is 0 Å². The second-order valence-electron chi connectivity index (χ2n) is 4.61. The van der Waals surface area contributed by atoms with Crippen molar-refractivity contribution in [3.05, 3.63) is 58.9 Å². The molecular weight excluding hydrogens is 253 g/mol. The molecule has 0 bridgehead atoms. The van der Waals surface area contributed by atoms with Gasteiger partial charge in [0.1, 0.15) is 5.76 Å². The van der Waals surface area contributed by atoms with Crippen LogP contribution in [0.4, 0.5) is 13.2 Å². The molecule has 1 aliphatic rings. The van der Waals surface area contributed by atoms with Crippen molar-refractivity contribution in [2.24, 2.45) is 5.92 Å². The molecule has 0 heterocycles. The van der Waals surface area contributed by atoms with Gasteiger partial charge in [-0.3, -0.25) is 0 Å². The minimum absolute atomic E-state index is 0.187. The first-order valence-corrected chi connectivity index (χ1v) is 6.02. The van der Waals surface area contributed by atoms with Gasteiger partial charge in [-0.2, -0.15) is 13.2 Å². The third-order valence-corrected chi connectivity index (χ3v) is 3.37. The van der Waals surface area contributed by atoms with E-state index in [4.69, 9.17) is 4.74 Å². The number of alkyl halides is 3. The fraction of sp³-hybridized carbons (Fsp3) is 0.333. The highest BCUT2D eigenvalue weighted by molar-refractivity contribution is 5.36. The Kier molecular flexibility index (Phi) is 3.69. The average molecular weight is 268 g/mol. The lowest BCUT2D eigenvalue weighted by atomic mass is 9.96. The SMILES string of the molecule is COC1=CC=C(Cc2ccc(C(F)(F)F)cc2)[C@@H]1C. The van der Waals surface area contributed by atoms with Crippen molar-refractivity contribution < 1.29 is 17.9 Å². The smallest absolute Gasteiger partial charge is 0.416 e. The van der Waals surface area contributed by atoms with Crippen LogP contribution in [0.1, 0.15) is 18.1 Å². The molecule has 0 amide bonds. The van der Waals surface area contributed by atoms with Gasteiger partial charge >= 0.3 is 6.18 Å². The van der Waals surface area contributed by atoms with Crippen LogP contribution < -0.4 is 0 Å². The van der Waals surface area contributed by atoms with Crippen molar-refractivity contribution in [2.45, 2.75) is 19.5 Å². The van der Waals surface area contributed by atoms with Gasteiger partial charge in [0.05, 0.1) is 12.7 Å². The Hall–Kier alpha value is -1.71. The monoisotopic (exact) mass is 268 g/mol. The second kappa shape index (κ2) is 5.11. The normalized spacial score (nSPS) is 19.1. The van der Waals surface area contributed by atoms with Crippen LogP contribution in [0.2, 0.25) is 0 Å². The first kappa shape index (κ1) is 13.7. The summed E-state index contributed by atoms with van der Waals surface area (Å²) < 4.78 is 42.6. The van der Waals surface area contributed by atoms with E-state index >= 15 is 0 Å². The van der Waals surface area contributed by atoms with E-state index in [1.165, 1.54) is 12.1 Å². The van der Waals surface area contributed by atoms with E-state index in [0.29, 0.717) is 6.42 Å². The minimum Gasteiger partial charge on any atom is -0.500 e. The molecular formula is C15H15F3O. The fourth-order valence-corrected chi connectivity index (χ4v) is 2.16. The van der Waals surface area contributed by atoms with Crippen molar-refractivity contribution >= 4 is 0 Å². The molecule has 102 valence electrons. The Morgan fingerprint density at radius 2 is 1.74 bits per heavy atom. The van der Waals surface area contributed by atoms with E-state index in [1.54, 1.807) is 7.11 Å². The fourth-order valence-electron chi connectivity index (χ4n) is 2.16. The topological polar surface area (TPSA) is 9.23 Å². The van der Waals surface area contributed by atoms with Gasteiger partial charge in [0.2, 0.25) is 0 Å². The molecule has 0 N–H and O–H groups in total. The van der Waals surface area contributed by atoms with Gasteiger partial charge in [0.15, 0.2) is 0 Å². The van der Waals surface area contributed by atoms with Crippen molar-refractivity contribution in [3.63, 3.8) is 0 Å². The van der Waals surface area contributed by atoms with Crippen molar-refractivity contribution in [1.82, 2.24) is 0 Å². The lowest BCUT2D eigenvalue weighted by molar-refractivity contribution is -0.137. The largest absolute Gasteiger partial charge is 0.500 e. The lowest BCUT2D eigenvalue weighted by Crippen LogP contribution is -2.06. The Morgan fingerprint density at radius 1 is 1.11 bits per heavy atom. The predicted octanol–water partition coefficient (Wildman–Crippen LogP) is 4.35. The third kappa shape index (κ3) is 3.00. The molecule has 0 aliphatic heterocycles. The molecule has 4 heteroatoms. The molecule has 1 aromatic rings. The number of benzene rings is 1. The van der Waals surface area contributed by atoms with Gasteiger partial charge in [-0.1, -0.05) is 30.7 Å². The molecule has 1 aliphatic carbocycles. The molecule has 2 rings (SSSR count). The molecule has 0 saturated heterocycles. The third-order valence-electron chi connectivity index (χ3n) is 3.37. The summed E-state index contributed by atoms with van der Waals surface area (Å²) in [5.74, 6) is 1.08. The van der Waals surface area contributed by atoms with Gasteiger partial charge in [-0.05, 0) is 30.2 Å². The number of ether oxygens (including phenoxy) is 1. The summed E-state index contributed by atoms with van der Waals surface area (Å²) in [5, 5.41) is 0. The summed E-state index contributed by atoms with van der Waals surface area (Å²) in [6.07, 6.45) is 0.247. The highest BCUT2D eigenvalue weighted by Gasteiger charge is 2.30. The number of hydrogen-bond acceptors (Lipinski definition) is 1. The molecule has 1 nitrogen and oxygen atoms in total. The molecule has 0 saturated carbocycles. The zero-order valence-corrected chi connectivity index (χ0v) is 10.8. The van der Waals surface area contributed by atoms with E-state index in [2.05, 4.69) is 0 Å². The van der Waals surface area contributed by atoms with Crippen LogP contribution in [0.15, 0.2) is 47.7 Å². The minimum atomic E-state index is -4.27. The maximum Gasteiger partial charge on any atom is 0.416 e. The summed E-state index contributed by atoms with van der Waals surface area (Å²) in [6, 6.07) is 5.31. The first-order chi connectivity index (χ1) is 8.91. The van der Waals surface area contributed by atoms with Gasteiger partial charge in [0, 0.05) is 5.92 Å². The number of halogens is 3. The van der Waals surface area contributed by atoms with Gasteiger partial charge in [-0.15, -0.1) is 0 Å². The van der Waals surface area contributed by atoms with Crippen LogP contribution in [0.5, 0.6) is 0 Å². The summed E-state index contributed by atoms with van der Waals surface area (Å²) in [4.78, 5) is 0. The van der Waals surface area contributed by atoms with Crippen LogP contribution >= 0.6 is 0 Å². The summed E-state index contributed by atoms with van der Waals surface area (Å²) >= 11 is 0. The maximum atomic E-state index is 12.4. The molecule has 0 aromatic heterocycles. The number of allylic oxidation sites excluding steroid dienone is 3. The van der Waals surface area contributed by atoms with Crippen LogP contribution in [0.3, 0.4) is 0 Å². The van der Waals surface area contributed by atoms with E-state index < -0.39 is 11.7 Å². The number of methoxy groups -OCH3 is 1. The molecule has 1 atom stereocenters. The van der Waals surface area contributed by atoms with E-state index in [1.807, 2.05) is 19.1 Å². The molecule has 19 heavy (non-hydrogen) atoms. The zero-order chi connectivity index (χ0) is 14.0. The van der Waals surface area contributed by atoms with Gasteiger partial charge in [-0.25, -0.2) is 0 Å². The van der Waals surface area contributed by atoms with Crippen LogP contribution in [0, 0.1) is 5.92 Å². The molecule has 0 fully saturated rings. The van der Waals surface area contributed by atoms with E-state index in [-0.39, 0.29) is 5.92 Å². The Bertz CT molecular complexity index is 509. The van der Waals surface area contributed by atoms with Gasteiger partial charge in [0.25, 0.3) is 0 Å². The first-order valence-electron chi connectivity index (χ1n) is 6.02. The van der Waals surface area contributed by atoms with Crippen LogP contribution in [-0.2, 0) is 17.3 Å². The Morgan fingerprint density at radius 3 is 2.21 bits per heavy atom. The van der Waals surface area contributed by atoms with Crippen molar-refractivity contribution in [1.29, 1.82) is 0 Å². The van der Waals surface area contributed by atoms with Crippen LogP contribution in [-0.4, -0.2) is 7.11 Å². The highest BCUT2D eigenvalue weighted by Crippen LogP contribution is 2.31. The Balaban J connectivity index is 2.06. The summed E-state index contributed by atoms with van der Waals surface area (Å²) in [6.45, 7) is 2.03. The predicted molar refractivity (Wildman–Crippen MR) is 67.5 cm³/mol. The maximum absolute atomic E-state index is 12.4. The molecule has 1 aromatic carbocycles. The van der Waals surface area contributed by atoms with E-state index in [0.717, 1.165) is 29.0 Å². The van der Waals surface area contributed by atoms with Crippen molar-refractivity contribution in [2.75, 3.05) is 7.11 Å². The lowest BCUT2D eigenvalue weighted by Gasteiger charge is -2.14. The number of hydrogen-bond donors (Lipinski definition) is 0. The molecule has 0 radical (unpaired) electrons. The molecule has 0 spiro atoms. The highest BCUT2D eigenvalue weighted by atomic mass is 19.4. The van der Waals surface area contributed by atoms with E-state index in [9.17, 15) is 13.2 Å². The number of rotatable bonds is 3. The Labute approximate surface area is 110 Å². The quantitative estimate of drug-likeness (QED) is 0.791. The summed E-state index contributed by atoms with van der Waals surface area (Å²) in [7, 11) is 1.62. The van der Waals surface area contributed by atoms with Crippen molar-refractivity contribution in [3.8, 4) is 0 Å². The zero-order valence-electron chi connectivity index (χ0n) is 10.8. The summed E-state index contributed by atoms with van der Waals surface area (Å²) in [5.41, 5.74) is 1.41. The second-order valence-corrected chi connectivity index (χ2v) is 4.61.